The Kier molecular flexibility index (Phi) is 7.33. The van der Waals surface area contributed by atoms with Gasteiger partial charge in [0.05, 0.1) is 25.6 Å². The van der Waals surface area contributed by atoms with Gasteiger partial charge in [-0.2, -0.15) is 0 Å². The molecule has 0 spiro atoms. The van der Waals surface area contributed by atoms with Crippen molar-refractivity contribution >= 4 is 46.2 Å². The molecule has 2 unspecified atom stereocenters. The Balaban J connectivity index is 1.85. The first-order chi connectivity index (χ1) is 11.4. The van der Waals surface area contributed by atoms with Gasteiger partial charge < -0.3 is 24.5 Å². The minimum Gasteiger partial charge on any atom is -0.382 e. The van der Waals surface area contributed by atoms with Crippen LogP contribution in [0.1, 0.15) is 6.92 Å². The van der Waals surface area contributed by atoms with Crippen LogP contribution in [0.25, 0.3) is 11.2 Å². The van der Waals surface area contributed by atoms with Crippen molar-refractivity contribution in [2.24, 2.45) is 0 Å². The van der Waals surface area contributed by atoms with E-state index in [0.29, 0.717) is 29.3 Å². The van der Waals surface area contributed by atoms with Crippen LogP contribution in [0.4, 0.5) is 5.82 Å². The first-order valence-corrected chi connectivity index (χ1v) is 11.6. The van der Waals surface area contributed by atoms with Crippen molar-refractivity contribution in [2.45, 2.75) is 19.6 Å². The minimum atomic E-state index is -3.75. The largest absolute Gasteiger partial charge is 0.382 e. The molecule has 2 heterocycles. The zero-order valence-electron chi connectivity index (χ0n) is 13.4. The molecule has 0 amide bonds. The summed E-state index contributed by atoms with van der Waals surface area (Å²) in [7, 11) is -0.603. The summed E-state index contributed by atoms with van der Waals surface area (Å²) in [6.07, 6.45) is 4.20. The summed E-state index contributed by atoms with van der Waals surface area (Å²) in [4.78, 5) is 21.9. The normalized spacial score (nSPS) is 15.5. The molecule has 12 heteroatoms. The predicted molar refractivity (Wildman–Crippen MR) is 96.9 cm³/mol. The lowest BCUT2D eigenvalue weighted by molar-refractivity contribution is 0.0724. The third kappa shape index (κ3) is 5.61. The van der Waals surface area contributed by atoms with Gasteiger partial charge in [0.1, 0.15) is 18.2 Å². The molecule has 24 heavy (non-hydrogen) atoms. The summed E-state index contributed by atoms with van der Waals surface area (Å²) in [5.41, 5.74) is 6.85. The zero-order chi connectivity index (χ0) is 17.6. The number of nitrogens with zero attached hydrogens (tertiary/aromatic N) is 4. The number of aromatic nitrogens is 4. The lowest BCUT2D eigenvalue weighted by Gasteiger charge is -2.17. The van der Waals surface area contributed by atoms with Crippen LogP contribution in [0.3, 0.4) is 0 Å². The van der Waals surface area contributed by atoms with Gasteiger partial charge in [-0.05, 0) is 13.2 Å². The molecule has 0 aromatic carbocycles. The molecule has 134 valence electrons. The fraction of sp³-hybridized carbons (Fsp3) is 0.583. The second-order valence-electron chi connectivity index (χ2n) is 4.89. The molecule has 9 nitrogen and oxygen atoms in total. The lowest BCUT2D eigenvalue weighted by Crippen LogP contribution is -2.17. The summed E-state index contributed by atoms with van der Waals surface area (Å²) < 4.78 is 24.1. The van der Waals surface area contributed by atoms with Crippen LogP contribution in [-0.4, -0.2) is 55.5 Å². The van der Waals surface area contributed by atoms with E-state index in [4.69, 9.17) is 15.0 Å². The van der Waals surface area contributed by atoms with Crippen molar-refractivity contribution in [2.75, 3.05) is 30.7 Å². The van der Waals surface area contributed by atoms with Crippen LogP contribution in [0.2, 0.25) is 0 Å². The number of rotatable bonds is 10. The average Bonchev–Trinajstić information content (AvgIpc) is 2.94. The van der Waals surface area contributed by atoms with E-state index in [1.165, 1.54) is 6.33 Å². The first-order valence-electron chi connectivity index (χ1n) is 7.08. The van der Waals surface area contributed by atoms with Gasteiger partial charge >= 0.3 is 7.60 Å². The molecule has 3 N–H and O–H groups in total. The summed E-state index contributed by atoms with van der Waals surface area (Å²) in [5.74, 6) is 0.951. The lowest BCUT2D eigenvalue weighted by atomic mass is 10.4. The fourth-order valence-corrected chi connectivity index (χ4v) is 3.96. The van der Waals surface area contributed by atoms with Gasteiger partial charge in [0, 0.05) is 5.75 Å². The maximum atomic E-state index is 11.9. The third-order valence-corrected chi connectivity index (χ3v) is 5.82. The van der Waals surface area contributed by atoms with E-state index in [2.05, 4.69) is 15.0 Å². The number of anilines is 1. The van der Waals surface area contributed by atoms with Gasteiger partial charge in [-0.25, -0.2) is 15.0 Å². The Morgan fingerprint density at radius 3 is 3.00 bits per heavy atom. The number of imidazole rings is 1. The quantitative estimate of drug-likeness (QED) is 0.351. The van der Waals surface area contributed by atoms with Gasteiger partial charge in [-0.3, -0.25) is 4.57 Å². The molecule has 0 saturated heterocycles. The Labute approximate surface area is 147 Å². The monoisotopic (exact) mass is 393 g/mol. The van der Waals surface area contributed by atoms with E-state index in [0.717, 1.165) is 0 Å². The van der Waals surface area contributed by atoms with Crippen molar-refractivity contribution in [3.8, 4) is 0 Å². The summed E-state index contributed by atoms with van der Waals surface area (Å²) in [5, 5.41) is 0. The molecule has 0 aliphatic heterocycles. The van der Waals surface area contributed by atoms with Gasteiger partial charge in [0.2, 0.25) is 0 Å². The second kappa shape index (κ2) is 9.02. The summed E-state index contributed by atoms with van der Waals surface area (Å²) >= 11 is 0. The molecule has 2 rings (SSSR count). The Bertz CT molecular complexity index is 716. The molecule has 2 atom stereocenters. The maximum absolute atomic E-state index is 11.9. The van der Waals surface area contributed by atoms with Crippen LogP contribution < -0.4 is 5.73 Å². The Morgan fingerprint density at radius 1 is 1.46 bits per heavy atom. The molecular weight excluding hydrogens is 373 g/mol. The highest BCUT2D eigenvalue weighted by Crippen LogP contribution is 2.42. The highest BCUT2D eigenvalue weighted by Gasteiger charge is 2.21. The molecule has 2 aromatic heterocycles. The first kappa shape index (κ1) is 19.5. The van der Waals surface area contributed by atoms with E-state index in [-0.39, 0.29) is 19.1 Å². The number of nitrogens with two attached hydrogens (primary N) is 1. The smallest absolute Gasteiger partial charge is 0.353 e. The van der Waals surface area contributed by atoms with Crippen molar-refractivity contribution in [1.82, 2.24) is 19.5 Å². The van der Waals surface area contributed by atoms with Crippen LogP contribution in [-0.2, 0) is 20.4 Å². The third-order valence-electron chi connectivity index (χ3n) is 2.98. The number of hydrogen-bond acceptors (Lipinski definition) is 9. The number of hydrogen-bond donors (Lipinski definition) is 2. The van der Waals surface area contributed by atoms with E-state index in [1.54, 1.807) is 39.4 Å². The van der Waals surface area contributed by atoms with Gasteiger partial charge in [0.15, 0.2) is 11.5 Å². The van der Waals surface area contributed by atoms with Crippen LogP contribution in [0.15, 0.2) is 12.7 Å². The van der Waals surface area contributed by atoms with Gasteiger partial charge in [0.25, 0.3) is 0 Å². The average molecular weight is 393 g/mol. The summed E-state index contributed by atoms with van der Waals surface area (Å²) in [6, 6.07) is 0. The van der Waals surface area contributed by atoms with E-state index >= 15 is 0 Å². The number of fused-ring (bicyclic) bond motifs is 1. The molecule has 0 saturated carbocycles. The molecule has 0 aliphatic rings. The molecule has 0 aliphatic carbocycles. The number of ether oxygens (including phenoxy) is 1. The van der Waals surface area contributed by atoms with E-state index in [1.807, 2.05) is 6.26 Å². The second-order valence-corrected chi connectivity index (χ2v) is 9.37. The zero-order valence-corrected chi connectivity index (χ0v) is 15.9. The topological polar surface area (TPSA) is 125 Å². The standard InChI is InChI=1S/C12H20N5O4PS2/c1-9(20-8-22(18,19)21-3-4-24-23-2)5-17-7-16-10-11(13)14-6-15-12(10)17/h6-7,9H,3-5,8H2,1-2H3,(H,18,19)(H2,13,14,15). The molecule has 0 radical (unpaired) electrons. The predicted octanol–water partition coefficient (Wildman–Crippen LogP) is 1.98. The van der Waals surface area contributed by atoms with Gasteiger partial charge in [-0.15, -0.1) is 0 Å². The van der Waals surface area contributed by atoms with Crippen LogP contribution in [0, 0.1) is 0 Å². The van der Waals surface area contributed by atoms with Crippen molar-refractivity contribution < 1.29 is 18.7 Å². The minimum absolute atomic E-state index is 0.208. The Morgan fingerprint density at radius 2 is 2.25 bits per heavy atom. The van der Waals surface area contributed by atoms with E-state index < -0.39 is 7.60 Å². The molecule has 0 fully saturated rings. The van der Waals surface area contributed by atoms with Gasteiger partial charge in [-0.1, -0.05) is 21.6 Å². The molecule has 2 aromatic rings. The summed E-state index contributed by atoms with van der Waals surface area (Å²) in [6.45, 7) is 2.41. The van der Waals surface area contributed by atoms with Crippen molar-refractivity contribution in [1.29, 1.82) is 0 Å². The highest BCUT2D eigenvalue weighted by atomic mass is 33.1. The van der Waals surface area contributed by atoms with E-state index in [9.17, 15) is 9.46 Å². The van der Waals surface area contributed by atoms with Crippen molar-refractivity contribution in [3.05, 3.63) is 12.7 Å². The van der Waals surface area contributed by atoms with Crippen LogP contribution in [0.5, 0.6) is 0 Å². The van der Waals surface area contributed by atoms with Crippen molar-refractivity contribution in [3.63, 3.8) is 0 Å². The molecule has 0 bridgehead atoms. The maximum Gasteiger partial charge on any atom is 0.353 e. The highest BCUT2D eigenvalue weighted by molar-refractivity contribution is 8.76. The Hall–Kier alpha value is -0.840. The number of nitrogen functional groups attached to an aromatic ring is 1. The fourth-order valence-electron chi connectivity index (χ4n) is 1.92. The SMILES string of the molecule is CSSCCOP(=O)(O)COC(C)Cn1cnc2c(N)ncnc21. The molecular formula is C12H20N5O4PS2. The van der Waals surface area contributed by atoms with Crippen LogP contribution >= 0.6 is 29.2 Å².